The van der Waals surface area contributed by atoms with Crippen molar-refractivity contribution in [1.82, 2.24) is 7.85 Å². The SMILES string of the molecule is c1ccc(-n2c3ccccc3c3c[c]([Al][NH][Al][CH2]c4ccc5ccccc5c4)ccc32)cc1. The first kappa shape index (κ1) is 20.8. The number of aromatic nitrogens is 1. The van der Waals surface area contributed by atoms with Crippen molar-refractivity contribution in [2.75, 3.05) is 0 Å². The highest BCUT2D eigenvalue weighted by Crippen LogP contribution is 2.31. The fourth-order valence-corrected chi connectivity index (χ4v) is 7.28. The largest absolute Gasteiger partial charge is 0.495 e. The lowest BCUT2D eigenvalue weighted by Gasteiger charge is -2.08. The summed E-state index contributed by atoms with van der Waals surface area (Å²) >= 11 is 0.256. The van der Waals surface area contributed by atoms with E-state index in [0.29, 0.717) is 0 Å². The van der Waals surface area contributed by atoms with Gasteiger partial charge >= 0.3 is 30.9 Å². The molecule has 0 spiro atoms. The molecule has 6 rings (SSSR count). The van der Waals surface area contributed by atoms with Crippen LogP contribution < -0.4 is 7.71 Å². The highest BCUT2D eigenvalue weighted by molar-refractivity contribution is 6.61. The van der Waals surface area contributed by atoms with Gasteiger partial charge in [0, 0.05) is 16.5 Å². The number of hydrogen-bond donors (Lipinski definition) is 1. The van der Waals surface area contributed by atoms with Crippen LogP contribution in [0.3, 0.4) is 0 Å². The number of nitrogens with one attached hydrogen (secondary N) is 1. The van der Waals surface area contributed by atoms with E-state index in [-0.39, 0.29) is 30.9 Å². The van der Waals surface area contributed by atoms with Crippen LogP contribution in [0.25, 0.3) is 38.3 Å². The summed E-state index contributed by atoms with van der Waals surface area (Å²) in [4.78, 5) is 0. The summed E-state index contributed by atoms with van der Waals surface area (Å²) in [6, 6.07) is 41.9. The Morgan fingerprint density at radius 3 is 2.27 bits per heavy atom. The van der Waals surface area contributed by atoms with Crippen molar-refractivity contribution in [3.8, 4) is 5.69 Å². The smallest absolute Gasteiger partial charge is 0.343 e. The Bertz CT molecular complexity index is 1570. The van der Waals surface area contributed by atoms with E-state index in [4.69, 9.17) is 0 Å². The lowest BCUT2D eigenvalue weighted by atomic mass is 10.1. The average Bonchev–Trinajstić information content (AvgIpc) is 3.21. The second kappa shape index (κ2) is 9.21. The van der Waals surface area contributed by atoms with E-state index < -0.39 is 0 Å². The van der Waals surface area contributed by atoms with Gasteiger partial charge < -0.3 is 7.85 Å². The maximum absolute atomic E-state index is 3.81. The van der Waals surface area contributed by atoms with E-state index in [2.05, 4.69) is 123 Å². The number of para-hydroxylation sites is 2. The van der Waals surface area contributed by atoms with Crippen molar-refractivity contribution in [2.45, 2.75) is 5.28 Å². The zero-order chi connectivity index (χ0) is 22.0. The fraction of sp³-hybridized carbons (Fsp3) is 0.0345. The summed E-state index contributed by atoms with van der Waals surface area (Å²) in [5.41, 5.74) is 5.17. The third kappa shape index (κ3) is 4.14. The van der Waals surface area contributed by atoms with Gasteiger partial charge in [-0.3, -0.25) is 0 Å². The summed E-state index contributed by atoms with van der Waals surface area (Å²) in [6.45, 7) is 0. The monoisotopic (exact) mass is 452 g/mol. The topological polar surface area (TPSA) is 17.0 Å². The third-order valence-corrected chi connectivity index (χ3v) is 9.21. The van der Waals surface area contributed by atoms with Crippen LogP contribution in [0.5, 0.6) is 0 Å². The van der Waals surface area contributed by atoms with Crippen LogP contribution in [0.2, 0.25) is 0 Å². The molecule has 0 aliphatic carbocycles. The van der Waals surface area contributed by atoms with Crippen LogP contribution in [-0.4, -0.2) is 35.4 Å². The molecule has 0 amide bonds. The van der Waals surface area contributed by atoms with E-state index in [1.807, 2.05) is 0 Å². The van der Waals surface area contributed by atoms with E-state index >= 15 is 0 Å². The van der Waals surface area contributed by atoms with Crippen LogP contribution in [0, 0.1) is 0 Å². The molecule has 0 atom stereocenters. The van der Waals surface area contributed by atoms with Crippen LogP contribution in [0.15, 0.2) is 115 Å². The molecule has 1 N–H and O–H groups in total. The minimum absolute atomic E-state index is 0.0634. The zero-order valence-corrected chi connectivity index (χ0v) is 20.6. The Morgan fingerprint density at radius 1 is 0.606 bits per heavy atom. The molecular formula is C29H22Al2N2. The van der Waals surface area contributed by atoms with Crippen LogP contribution in [0.1, 0.15) is 5.56 Å². The summed E-state index contributed by atoms with van der Waals surface area (Å²) < 4.78 is 7.61. The second-order valence-corrected chi connectivity index (χ2v) is 11.5. The van der Waals surface area contributed by atoms with Crippen molar-refractivity contribution in [1.29, 1.82) is 0 Å². The van der Waals surface area contributed by atoms with Crippen molar-refractivity contribution in [3.63, 3.8) is 0 Å². The standard InChI is InChI=1S/C18H12N.C11H9.2Al.HN/c1-2-8-14(9-3-1)19-17-12-6-4-10-15(17)16-11-5-7-13-18(16)19;1-9-6-7-10-4-2-3-5-11(10)8-9;;;/h1-4,6-13H;2-8H,1H2;;;1H. The molecule has 0 aliphatic heterocycles. The first-order valence-corrected chi connectivity index (χ1v) is 13.9. The minimum atomic E-state index is 0.0634. The van der Waals surface area contributed by atoms with Crippen molar-refractivity contribution >= 4 is 67.9 Å². The Kier molecular flexibility index (Phi) is 5.79. The molecule has 0 aliphatic rings. The first-order chi connectivity index (χ1) is 16.4. The lowest BCUT2D eigenvalue weighted by molar-refractivity contribution is 1.18. The maximum atomic E-state index is 3.81. The third-order valence-electron chi connectivity index (χ3n) is 6.23. The predicted octanol–water partition coefficient (Wildman–Crippen LogP) is 5.59. The summed E-state index contributed by atoms with van der Waals surface area (Å²) in [6.07, 6.45) is 0. The number of rotatable bonds is 6. The zero-order valence-electron chi connectivity index (χ0n) is 18.3. The van der Waals surface area contributed by atoms with Gasteiger partial charge in [-0.25, -0.2) is 0 Å². The molecular weight excluding hydrogens is 430 g/mol. The molecule has 2 radical (unpaired) electrons. The molecule has 6 aromatic rings. The average molecular weight is 452 g/mol. The molecule has 2 nitrogen and oxygen atoms in total. The van der Waals surface area contributed by atoms with E-state index in [9.17, 15) is 0 Å². The molecule has 5 aromatic carbocycles. The quantitative estimate of drug-likeness (QED) is 0.258. The molecule has 33 heavy (non-hydrogen) atoms. The molecule has 0 saturated carbocycles. The Hall–Kier alpha value is -2.82. The number of nitrogens with zero attached hydrogens (tertiary/aromatic N) is 1. The molecule has 0 fully saturated rings. The molecule has 1 aromatic heterocycles. The summed E-state index contributed by atoms with van der Waals surface area (Å²) in [5.74, 6) is 0. The molecule has 0 unspecified atom stereocenters. The number of hydrogen-bond acceptors (Lipinski definition) is 1. The van der Waals surface area contributed by atoms with Gasteiger partial charge in [-0.1, -0.05) is 102 Å². The van der Waals surface area contributed by atoms with Gasteiger partial charge in [0.05, 0.1) is 11.0 Å². The van der Waals surface area contributed by atoms with Gasteiger partial charge in [-0.05, 0) is 35.0 Å². The maximum Gasteiger partial charge on any atom is 0.343 e. The van der Waals surface area contributed by atoms with Gasteiger partial charge in [0.1, 0.15) is 0 Å². The molecule has 0 saturated heterocycles. The first-order valence-electron chi connectivity index (χ1n) is 11.3. The van der Waals surface area contributed by atoms with E-state index in [1.165, 1.54) is 48.3 Å². The lowest BCUT2D eigenvalue weighted by Crippen LogP contribution is -2.34. The van der Waals surface area contributed by atoms with Gasteiger partial charge in [-0.15, -0.1) is 4.43 Å². The summed E-state index contributed by atoms with van der Waals surface area (Å²) in [5, 5.41) is 6.44. The molecule has 4 heteroatoms. The summed E-state index contributed by atoms with van der Waals surface area (Å²) in [7, 11) is 0. The second-order valence-electron chi connectivity index (χ2n) is 8.37. The van der Waals surface area contributed by atoms with Gasteiger partial charge in [0.2, 0.25) is 0 Å². The van der Waals surface area contributed by atoms with Gasteiger partial charge in [0.25, 0.3) is 0 Å². The molecule has 154 valence electrons. The van der Waals surface area contributed by atoms with Gasteiger partial charge in [-0.2, -0.15) is 0 Å². The highest BCUT2D eigenvalue weighted by Gasteiger charge is 2.12. The Morgan fingerprint density at radius 2 is 1.36 bits per heavy atom. The van der Waals surface area contributed by atoms with Crippen molar-refractivity contribution in [3.05, 3.63) is 121 Å². The van der Waals surface area contributed by atoms with Crippen LogP contribution in [0.4, 0.5) is 0 Å². The Labute approximate surface area is 206 Å². The highest BCUT2D eigenvalue weighted by atomic mass is 27.2. The van der Waals surface area contributed by atoms with Crippen LogP contribution >= 0.6 is 0 Å². The number of fused-ring (bicyclic) bond motifs is 4. The molecule has 1 heterocycles. The van der Waals surface area contributed by atoms with Gasteiger partial charge in [0.15, 0.2) is 0 Å². The predicted molar refractivity (Wildman–Crippen MR) is 143 cm³/mol. The Balaban J connectivity index is 1.23. The number of benzene rings is 5. The van der Waals surface area contributed by atoms with Crippen molar-refractivity contribution in [2.24, 2.45) is 0 Å². The molecule has 0 bridgehead atoms. The normalized spacial score (nSPS) is 11.3. The van der Waals surface area contributed by atoms with E-state index in [0.717, 1.165) is 5.28 Å². The van der Waals surface area contributed by atoms with E-state index in [1.54, 1.807) is 0 Å². The minimum Gasteiger partial charge on any atom is -0.495 e. The fourth-order valence-electron chi connectivity index (χ4n) is 4.63. The van der Waals surface area contributed by atoms with Crippen molar-refractivity contribution < 1.29 is 0 Å². The van der Waals surface area contributed by atoms with Crippen LogP contribution in [-0.2, 0) is 5.28 Å².